The minimum absolute atomic E-state index is 0.276. The number of ether oxygens (including phenoxy) is 4. The molecular weight excluding hydrogens is 375 g/mol. The van der Waals surface area contributed by atoms with Gasteiger partial charge in [-0.05, 0) is 19.4 Å². The van der Waals surface area contributed by atoms with E-state index in [1.165, 1.54) is 14.2 Å². The molecule has 2 aliphatic rings. The number of fused-ring (bicyclic) bond motifs is 1. The largest absolute Gasteiger partial charge is 0.367 e. The van der Waals surface area contributed by atoms with E-state index in [-0.39, 0.29) is 6.61 Å². The number of Topliss-reactive ketones (excluding diaryl/α,β-unsaturated/α-hetero) is 1. The second-order valence-corrected chi connectivity index (χ2v) is 9.16. The number of carbonyl (C=O) groups is 1. The predicted molar refractivity (Wildman–Crippen MR) is 95.2 cm³/mol. The Bertz CT molecular complexity index is 699. The van der Waals surface area contributed by atoms with Crippen LogP contribution in [0.2, 0.25) is 0 Å². The Kier molecular flexibility index (Phi) is 6.17. The Morgan fingerprint density at radius 1 is 1.15 bits per heavy atom. The average molecular weight is 400 g/mol. The molecule has 0 amide bonds. The second-order valence-electron chi connectivity index (χ2n) is 6.89. The molecule has 8 nitrogen and oxygen atoms in total. The van der Waals surface area contributed by atoms with E-state index in [2.05, 4.69) is 0 Å². The molecule has 3 rings (SSSR count). The topological polar surface area (TPSA) is 89.5 Å². The first-order chi connectivity index (χ1) is 12.8. The molecule has 2 heterocycles. The summed E-state index contributed by atoms with van der Waals surface area (Å²) in [6.07, 6.45) is -3.41. The number of hydrogen-bond donors (Lipinski definition) is 0. The molecule has 0 aromatic heterocycles. The van der Waals surface area contributed by atoms with E-state index in [9.17, 15) is 9.36 Å². The zero-order valence-electron chi connectivity index (χ0n) is 15.8. The van der Waals surface area contributed by atoms with E-state index in [1.54, 1.807) is 13.8 Å². The Labute approximate surface area is 158 Å². The molecule has 0 aliphatic carbocycles. The van der Waals surface area contributed by atoms with Gasteiger partial charge in [0.05, 0.1) is 6.61 Å². The summed E-state index contributed by atoms with van der Waals surface area (Å²) in [6.45, 7) is 3.81. The summed E-state index contributed by atoms with van der Waals surface area (Å²) in [7, 11) is -1.04. The third-order valence-electron chi connectivity index (χ3n) is 4.50. The van der Waals surface area contributed by atoms with E-state index in [0.29, 0.717) is 0 Å². The van der Waals surface area contributed by atoms with Crippen LogP contribution >= 0.6 is 7.60 Å². The molecule has 9 heteroatoms. The van der Waals surface area contributed by atoms with Gasteiger partial charge in [0.15, 0.2) is 17.9 Å². The smallest absolute Gasteiger partial charge is 0.337 e. The lowest BCUT2D eigenvalue weighted by Crippen LogP contribution is -2.41. The van der Waals surface area contributed by atoms with Crippen molar-refractivity contribution in [2.75, 3.05) is 20.4 Å². The van der Waals surface area contributed by atoms with Crippen LogP contribution in [-0.2, 0) is 44.0 Å². The van der Waals surface area contributed by atoms with Gasteiger partial charge in [0.25, 0.3) is 0 Å². The van der Waals surface area contributed by atoms with Crippen LogP contribution in [0.15, 0.2) is 30.3 Å². The highest BCUT2D eigenvalue weighted by atomic mass is 31.2. The summed E-state index contributed by atoms with van der Waals surface area (Å²) in [6, 6.07) is 9.56. The van der Waals surface area contributed by atoms with E-state index in [1.807, 2.05) is 30.3 Å². The van der Waals surface area contributed by atoms with Gasteiger partial charge in [-0.2, -0.15) is 0 Å². The first-order valence-corrected chi connectivity index (χ1v) is 10.4. The third-order valence-corrected chi connectivity index (χ3v) is 6.31. The van der Waals surface area contributed by atoms with Gasteiger partial charge in [-0.25, -0.2) is 0 Å². The Morgan fingerprint density at radius 2 is 1.81 bits per heavy atom. The first kappa shape index (κ1) is 20.6. The van der Waals surface area contributed by atoms with Crippen LogP contribution < -0.4 is 0 Å². The fourth-order valence-electron chi connectivity index (χ4n) is 3.17. The third kappa shape index (κ3) is 4.66. The Morgan fingerprint density at radius 3 is 2.44 bits per heavy atom. The Hall–Kier alpha value is -1.12. The minimum atomic E-state index is -3.52. The molecule has 27 heavy (non-hydrogen) atoms. The van der Waals surface area contributed by atoms with Crippen LogP contribution in [-0.4, -0.2) is 56.6 Å². The van der Waals surface area contributed by atoms with Crippen LogP contribution in [0.4, 0.5) is 0 Å². The van der Waals surface area contributed by atoms with Crippen molar-refractivity contribution in [1.82, 2.24) is 0 Å². The molecule has 0 radical (unpaired) electrons. The average Bonchev–Trinajstić information content (AvgIpc) is 3.12. The molecule has 2 fully saturated rings. The molecule has 0 N–H and O–H groups in total. The van der Waals surface area contributed by atoms with Gasteiger partial charge in [-0.1, -0.05) is 30.3 Å². The monoisotopic (exact) mass is 400 g/mol. The van der Waals surface area contributed by atoms with Crippen LogP contribution in [0.25, 0.3) is 0 Å². The highest BCUT2D eigenvalue weighted by Gasteiger charge is 2.57. The maximum absolute atomic E-state index is 12.7. The van der Waals surface area contributed by atoms with Crippen molar-refractivity contribution >= 4 is 13.4 Å². The first-order valence-electron chi connectivity index (χ1n) is 8.67. The number of ketones is 1. The lowest BCUT2D eigenvalue weighted by Gasteiger charge is -2.26. The quantitative estimate of drug-likeness (QED) is 0.615. The summed E-state index contributed by atoms with van der Waals surface area (Å²) in [4.78, 5) is 12.7. The lowest BCUT2D eigenvalue weighted by molar-refractivity contribution is -0.218. The lowest BCUT2D eigenvalue weighted by atomic mass is 10.1. The summed E-state index contributed by atoms with van der Waals surface area (Å²) in [5.74, 6) is -1.29. The van der Waals surface area contributed by atoms with Gasteiger partial charge in [0, 0.05) is 14.2 Å². The summed E-state index contributed by atoms with van der Waals surface area (Å²) >= 11 is 0. The number of rotatable bonds is 8. The summed E-state index contributed by atoms with van der Waals surface area (Å²) < 4.78 is 45.4. The molecule has 150 valence electrons. The number of hydrogen-bond acceptors (Lipinski definition) is 8. The standard InChI is InChI=1S/C18H25O8P/c1-18(2)25-16-15(23-10-12-8-6-5-7-9-12)14(24-17(16)26-18)13(19)11-27(20,21-3)22-4/h5-9,14-17H,10-11H2,1-4H3/t14-,15+,16-,17-/m1/s1. The molecule has 1 aromatic rings. The zero-order chi connectivity index (χ0) is 19.7. The fourth-order valence-corrected chi connectivity index (χ4v) is 4.14. The van der Waals surface area contributed by atoms with Crippen molar-refractivity contribution in [3.05, 3.63) is 35.9 Å². The normalized spacial score (nSPS) is 29.6. The van der Waals surface area contributed by atoms with Gasteiger partial charge in [-0.15, -0.1) is 0 Å². The van der Waals surface area contributed by atoms with Gasteiger partial charge in [0.2, 0.25) is 0 Å². The van der Waals surface area contributed by atoms with Gasteiger partial charge < -0.3 is 28.0 Å². The van der Waals surface area contributed by atoms with Crippen molar-refractivity contribution < 1.29 is 37.4 Å². The number of benzene rings is 1. The molecule has 2 aliphatic heterocycles. The second kappa shape index (κ2) is 8.09. The Balaban J connectivity index is 1.75. The molecule has 0 spiro atoms. The summed E-state index contributed by atoms with van der Waals surface area (Å²) in [5.41, 5.74) is 0.949. The van der Waals surface area contributed by atoms with E-state index in [0.717, 1.165) is 5.56 Å². The maximum atomic E-state index is 12.7. The van der Waals surface area contributed by atoms with E-state index >= 15 is 0 Å². The predicted octanol–water partition coefficient (Wildman–Crippen LogP) is 2.50. The SMILES string of the molecule is COP(=O)(CC(=O)[C@H]1O[C@@H]2OC(C)(C)O[C@@H]2[C@H]1OCc1ccccc1)OC. The number of carbonyl (C=O) groups excluding carboxylic acids is 1. The molecule has 0 saturated carbocycles. The maximum Gasteiger partial charge on any atom is 0.337 e. The minimum Gasteiger partial charge on any atom is -0.367 e. The van der Waals surface area contributed by atoms with E-state index in [4.69, 9.17) is 28.0 Å². The molecular formula is C18H25O8P. The summed E-state index contributed by atoms with van der Waals surface area (Å²) in [5, 5.41) is 0. The van der Waals surface area contributed by atoms with Crippen LogP contribution in [0, 0.1) is 0 Å². The molecule has 0 bridgehead atoms. The molecule has 0 unspecified atom stereocenters. The molecule has 1 aromatic carbocycles. The highest BCUT2D eigenvalue weighted by molar-refractivity contribution is 7.54. The molecule has 4 atom stereocenters. The van der Waals surface area contributed by atoms with Crippen molar-refractivity contribution in [2.45, 2.75) is 50.8 Å². The van der Waals surface area contributed by atoms with E-state index < -0.39 is 49.9 Å². The van der Waals surface area contributed by atoms with Crippen LogP contribution in [0.1, 0.15) is 19.4 Å². The van der Waals surface area contributed by atoms with Crippen molar-refractivity contribution in [1.29, 1.82) is 0 Å². The van der Waals surface area contributed by atoms with Gasteiger partial charge in [-0.3, -0.25) is 9.36 Å². The van der Waals surface area contributed by atoms with Crippen LogP contribution in [0.3, 0.4) is 0 Å². The highest BCUT2D eigenvalue weighted by Crippen LogP contribution is 2.47. The fraction of sp³-hybridized carbons (Fsp3) is 0.611. The van der Waals surface area contributed by atoms with Crippen molar-refractivity contribution in [2.24, 2.45) is 0 Å². The van der Waals surface area contributed by atoms with Crippen molar-refractivity contribution in [3.8, 4) is 0 Å². The molecule has 2 saturated heterocycles. The van der Waals surface area contributed by atoms with Crippen LogP contribution in [0.5, 0.6) is 0 Å². The van der Waals surface area contributed by atoms with Gasteiger partial charge in [0.1, 0.15) is 24.5 Å². The van der Waals surface area contributed by atoms with Gasteiger partial charge >= 0.3 is 7.60 Å². The zero-order valence-corrected chi connectivity index (χ0v) is 16.7. The van der Waals surface area contributed by atoms with Crippen molar-refractivity contribution in [3.63, 3.8) is 0 Å².